The van der Waals surface area contributed by atoms with E-state index in [2.05, 4.69) is 10.6 Å². The van der Waals surface area contributed by atoms with Gasteiger partial charge in [0.15, 0.2) is 0 Å². The fourth-order valence-corrected chi connectivity index (χ4v) is 1.25. The van der Waals surface area contributed by atoms with E-state index in [0.29, 0.717) is 6.54 Å². The van der Waals surface area contributed by atoms with Crippen molar-refractivity contribution in [1.29, 1.82) is 0 Å². The van der Waals surface area contributed by atoms with Crippen LogP contribution < -0.4 is 10.6 Å². The summed E-state index contributed by atoms with van der Waals surface area (Å²) >= 11 is 0. The fourth-order valence-electron chi connectivity index (χ4n) is 1.25. The molecule has 1 heterocycles. The molecule has 1 aromatic carbocycles. The third-order valence-electron chi connectivity index (χ3n) is 1.85. The maximum atomic E-state index is 10.8. The molecule has 0 bridgehead atoms. The van der Waals surface area contributed by atoms with Crippen molar-refractivity contribution in [3.8, 4) is 0 Å². The first-order chi connectivity index (χ1) is 6.34. The Kier molecular flexibility index (Phi) is 2.00. The SMILES string of the molecule is O=C1NCC(=Cc2ccccc2)N1. The first kappa shape index (κ1) is 7.86. The van der Waals surface area contributed by atoms with Gasteiger partial charge < -0.3 is 10.6 Å². The lowest BCUT2D eigenvalue weighted by Gasteiger charge is -1.95. The van der Waals surface area contributed by atoms with Gasteiger partial charge in [0, 0.05) is 5.70 Å². The topological polar surface area (TPSA) is 41.1 Å². The Labute approximate surface area is 76.5 Å². The van der Waals surface area contributed by atoms with Crippen LogP contribution in [0.1, 0.15) is 5.56 Å². The minimum absolute atomic E-state index is 0.123. The smallest absolute Gasteiger partial charge is 0.319 e. The van der Waals surface area contributed by atoms with Gasteiger partial charge in [0.2, 0.25) is 0 Å². The first-order valence-electron chi connectivity index (χ1n) is 4.15. The molecular weight excluding hydrogens is 164 g/mol. The van der Waals surface area contributed by atoms with Gasteiger partial charge in [-0.25, -0.2) is 4.79 Å². The highest BCUT2D eigenvalue weighted by Crippen LogP contribution is 2.05. The summed E-state index contributed by atoms with van der Waals surface area (Å²) in [6.07, 6.45) is 1.96. The van der Waals surface area contributed by atoms with Crippen LogP contribution in [0.15, 0.2) is 36.0 Å². The van der Waals surface area contributed by atoms with Crippen LogP contribution in [0.25, 0.3) is 6.08 Å². The van der Waals surface area contributed by atoms with Gasteiger partial charge >= 0.3 is 6.03 Å². The Morgan fingerprint density at radius 1 is 1.23 bits per heavy atom. The molecule has 1 saturated heterocycles. The van der Waals surface area contributed by atoms with E-state index in [0.717, 1.165) is 11.3 Å². The molecule has 0 atom stereocenters. The molecule has 2 amide bonds. The number of nitrogens with one attached hydrogen (secondary N) is 2. The molecule has 3 nitrogen and oxygen atoms in total. The van der Waals surface area contributed by atoms with E-state index in [9.17, 15) is 4.79 Å². The summed E-state index contributed by atoms with van der Waals surface area (Å²) in [6.45, 7) is 0.591. The van der Waals surface area contributed by atoms with E-state index in [-0.39, 0.29) is 6.03 Å². The van der Waals surface area contributed by atoms with Crippen LogP contribution in [0.2, 0.25) is 0 Å². The van der Waals surface area contributed by atoms with Gasteiger partial charge in [0.1, 0.15) is 0 Å². The van der Waals surface area contributed by atoms with Crippen LogP contribution in [0.4, 0.5) is 4.79 Å². The molecule has 1 aliphatic rings. The number of hydrogen-bond acceptors (Lipinski definition) is 1. The maximum absolute atomic E-state index is 10.8. The van der Waals surface area contributed by atoms with E-state index >= 15 is 0 Å². The second-order valence-electron chi connectivity index (χ2n) is 2.89. The molecule has 2 rings (SSSR count). The van der Waals surface area contributed by atoms with Crippen LogP contribution in [0.3, 0.4) is 0 Å². The molecule has 3 heteroatoms. The molecule has 13 heavy (non-hydrogen) atoms. The monoisotopic (exact) mass is 174 g/mol. The molecule has 0 spiro atoms. The van der Waals surface area contributed by atoms with Crippen LogP contribution in [0, 0.1) is 0 Å². The normalized spacial score (nSPS) is 18.5. The summed E-state index contributed by atoms with van der Waals surface area (Å²) in [6, 6.07) is 9.78. The van der Waals surface area contributed by atoms with Crippen molar-refractivity contribution < 1.29 is 4.79 Å². The molecule has 1 fully saturated rings. The molecule has 0 radical (unpaired) electrons. The largest absolute Gasteiger partial charge is 0.332 e. The van der Waals surface area contributed by atoms with Gasteiger partial charge in [-0.15, -0.1) is 0 Å². The molecule has 1 aliphatic heterocycles. The predicted molar refractivity (Wildman–Crippen MR) is 51.0 cm³/mol. The van der Waals surface area contributed by atoms with E-state index < -0.39 is 0 Å². The number of hydrogen-bond donors (Lipinski definition) is 2. The van der Waals surface area contributed by atoms with Crippen molar-refractivity contribution in [2.45, 2.75) is 0 Å². The molecule has 0 aliphatic carbocycles. The summed E-state index contributed by atoms with van der Waals surface area (Å²) in [7, 11) is 0. The summed E-state index contributed by atoms with van der Waals surface area (Å²) in [5, 5.41) is 5.38. The zero-order chi connectivity index (χ0) is 9.10. The van der Waals surface area contributed by atoms with E-state index in [4.69, 9.17) is 0 Å². The Balaban J connectivity index is 2.17. The molecule has 2 N–H and O–H groups in total. The Morgan fingerprint density at radius 3 is 2.62 bits per heavy atom. The number of amides is 2. The molecule has 66 valence electrons. The van der Waals surface area contributed by atoms with Crippen molar-refractivity contribution in [1.82, 2.24) is 10.6 Å². The van der Waals surface area contributed by atoms with Crippen molar-refractivity contribution in [2.24, 2.45) is 0 Å². The molecule has 0 aromatic heterocycles. The highest BCUT2D eigenvalue weighted by Gasteiger charge is 2.11. The van der Waals surface area contributed by atoms with E-state index in [1.807, 2.05) is 36.4 Å². The lowest BCUT2D eigenvalue weighted by atomic mass is 10.2. The fraction of sp³-hybridized carbons (Fsp3) is 0.100. The molecule has 0 saturated carbocycles. The Morgan fingerprint density at radius 2 is 2.00 bits per heavy atom. The molecule has 0 unspecified atom stereocenters. The van der Waals surface area contributed by atoms with E-state index in [1.54, 1.807) is 0 Å². The second kappa shape index (κ2) is 3.31. The number of urea groups is 1. The number of carbonyl (C=O) groups excluding carboxylic acids is 1. The zero-order valence-electron chi connectivity index (χ0n) is 7.08. The second-order valence-corrected chi connectivity index (χ2v) is 2.89. The number of benzene rings is 1. The minimum atomic E-state index is -0.123. The third kappa shape index (κ3) is 1.87. The highest BCUT2D eigenvalue weighted by atomic mass is 16.2. The lowest BCUT2D eigenvalue weighted by Crippen LogP contribution is -2.19. The van der Waals surface area contributed by atoms with Gasteiger partial charge in [-0.05, 0) is 11.6 Å². The average Bonchev–Trinajstić information content (AvgIpc) is 2.53. The van der Waals surface area contributed by atoms with Crippen LogP contribution >= 0.6 is 0 Å². The van der Waals surface area contributed by atoms with Gasteiger partial charge in [0.25, 0.3) is 0 Å². The molecular formula is C10H10N2O. The number of rotatable bonds is 1. The maximum Gasteiger partial charge on any atom is 0.319 e. The standard InChI is InChI=1S/C10H10N2O/c13-10-11-7-9(12-10)6-8-4-2-1-3-5-8/h1-6H,7H2,(H2,11,12,13). The average molecular weight is 174 g/mol. The summed E-state index contributed by atoms with van der Waals surface area (Å²) < 4.78 is 0. The summed E-state index contributed by atoms with van der Waals surface area (Å²) in [4.78, 5) is 10.8. The predicted octanol–water partition coefficient (Wildman–Crippen LogP) is 1.34. The summed E-state index contributed by atoms with van der Waals surface area (Å²) in [5.74, 6) is 0. The minimum Gasteiger partial charge on any atom is -0.332 e. The molecule has 1 aromatic rings. The lowest BCUT2D eigenvalue weighted by molar-refractivity contribution is 0.249. The number of carbonyl (C=O) groups is 1. The van der Waals surface area contributed by atoms with Crippen molar-refractivity contribution in [3.05, 3.63) is 41.6 Å². The van der Waals surface area contributed by atoms with Crippen molar-refractivity contribution >= 4 is 12.1 Å². The van der Waals surface area contributed by atoms with Gasteiger partial charge in [-0.2, -0.15) is 0 Å². The Hall–Kier alpha value is -1.77. The summed E-state index contributed by atoms with van der Waals surface area (Å²) in [5.41, 5.74) is 2.01. The zero-order valence-corrected chi connectivity index (χ0v) is 7.08. The van der Waals surface area contributed by atoms with Crippen molar-refractivity contribution in [2.75, 3.05) is 6.54 Å². The van der Waals surface area contributed by atoms with Gasteiger partial charge in [-0.3, -0.25) is 0 Å². The van der Waals surface area contributed by atoms with Gasteiger partial charge in [0.05, 0.1) is 6.54 Å². The quantitative estimate of drug-likeness (QED) is 0.662. The van der Waals surface area contributed by atoms with Gasteiger partial charge in [-0.1, -0.05) is 30.3 Å². The van der Waals surface area contributed by atoms with E-state index in [1.165, 1.54) is 0 Å². The first-order valence-corrected chi connectivity index (χ1v) is 4.15. The third-order valence-corrected chi connectivity index (χ3v) is 1.85. The Bertz CT molecular complexity index is 343. The van der Waals surface area contributed by atoms with Crippen molar-refractivity contribution in [3.63, 3.8) is 0 Å². The van der Waals surface area contributed by atoms with Crippen LogP contribution in [-0.4, -0.2) is 12.6 Å². The van der Waals surface area contributed by atoms with Crippen LogP contribution in [-0.2, 0) is 0 Å². The van der Waals surface area contributed by atoms with Crippen LogP contribution in [0.5, 0.6) is 0 Å². The highest BCUT2D eigenvalue weighted by molar-refractivity contribution is 5.81.